The molecule has 1 atom stereocenters. The van der Waals surface area contributed by atoms with Crippen LogP contribution >= 0.6 is 34.8 Å². The van der Waals surface area contributed by atoms with Crippen molar-refractivity contribution in [1.82, 2.24) is 10.0 Å². The second kappa shape index (κ2) is 8.16. The summed E-state index contributed by atoms with van der Waals surface area (Å²) in [4.78, 5) is 12.5. The summed E-state index contributed by atoms with van der Waals surface area (Å²) >= 11 is 17.9. The van der Waals surface area contributed by atoms with Gasteiger partial charge in [-0.3, -0.25) is 4.79 Å². The van der Waals surface area contributed by atoms with Crippen LogP contribution in [0.5, 0.6) is 0 Å². The van der Waals surface area contributed by atoms with Gasteiger partial charge < -0.3 is 5.32 Å². The van der Waals surface area contributed by atoms with Gasteiger partial charge in [0.1, 0.15) is 10.7 Å². The van der Waals surface area contributed by atoms with Crippen molar-refractivity contribution >= 4 is 50.7 Å². The molecule has 1 aliphatic carbocycles. The van der Waals surface area contributed by atoms with Crippen LogP contribution in [0.15, 0.2) is 35.2 Å². The van der Waals surface area contributed by atoms with Gasteiger partial charge in [0.2, 0.25) is 10.0 Å². The van der Waals surface area contributed by atoms with Gasteiger partial charge >= 0.3 is 0 Å². The maximum absolute atomic E-state index is 13.3. The Morgan fingerprint density at radius 1 is 1.11 bits per heavy atom. The average molecular weight is 466 g/mol. The first-order chi connectivity index (χ1) is 13.1. The van der Waals surface area contributed by atoms with Gasteiger partial charge in [0, 0.05) is 6.04 Å². The van der Waals surface area contributed by atoms with Crippen molar-refractivity contribution in [2.45, 2.75) is 36.7 Å². The van der Waals surface area contributed by atoms with Gasteiger partial charge in [-0.05, 0) is 49.6 Å². The van der Waals surface area contributed by atoms with Gasteiger partial charge in [0.25, 0.3) is 5.91 Å². The van der Waals surface area contributed by atoms with Crippen LogP contribution in [-0.4, -0.2) is 20.4 Å². The predicted octanol–water partition coefficient (Wildman–Crippen LogP) is 4.72. The Bertz CT molecular complexity index is 1040. The Labute approximate surface area is 177 Å². The number of rotatable bonds is 6. The molecule has 1 unspecified atom stereocenters. The zero-order chi connectivity index (χ0) is 20.6. The van der Waals surface area contributed by atoms with Gasteiger partial charge in [-0.2, -0.15) is 0 Å². The normalized spacial score (nSPS) is 15.3. The van der Waals surface area contributed by atoms with Crippen LogP contribution in [0.2, 0.25) is 15.1 Å². The van der Waals surface area contributed by atoms with Crippen molar-refractivity contribution < 1.29 is 17.6 Å². The molecule has 1 amide bonds. The van der Waals surface area contributed by atoms with Crippen LogP contribution in [0.1, 0.15) is 41.7 Å². The maximum atomic E-state index is 13.3. The van der Waals surface area contributed by atoms with Crippen LogP contribution in [0.25, 0.3) is 0 Å². The first kappa shape index (κ1) is 21.3. The lowest BCUT2D eigenvalue weighted by molar-refractivity contribution is 0.0940. The monoisotopic (exact) mass is 464 g/mol. The van der Waals surface area contributed by atoms with Crippen molar-refractivity contribution in [3.63, 3.8) is 0 Å². The average Bonchev–Trinajstić information content (AvgIpc) is 3.40. The molecule has 28 heavy (non-hydrogen) atoms. The van der Waals surface area contributed by atoms with E-state index in [0.29, 0.717) is 5.56 Å². The molecule has 0 bridgehead atoms. The fourth-order valence-corrected chi connectivity index (χ4v) is 4.89. The molecule has 0 aromatic heterocycles. The topological polar surface area (TPSA) is 75.3 Å². The zero-order valence-electron chi connectivity index (χ0n) is 14.6. The Hall–Kier alpha value is -1.38. The molecule has 0 radical (unpaired) electrons. The number of halogens is 4. The number of carbonyl (C=O) groups is 1. The minimum atomic E-state index is -3.87. The molecule has 150 valence electrons. The van der Waals surface area contributed by atoms with Gasteiger partial charge in [0.15, 0.2) is 0 Å². The van der Waals surface area contributed by atoms with Crippen LogP contribution < -0.4 is 10.0 Å². The quantitative estimate of drug-likeness (QED) is 0.648. The van der Waals surface area contributed by atoms with E-state index in [-0.39, 0.29) is 31.6 Å². The molecule has 1 aliphatic rings. The second-order valence-electron chi connectivity index (χ2n) is 6.53. The molecule has 1 saturated carbocycles. The lowest BCUT2D eigenvalue weighted by Gasteiger charge is -2.16. The van der Waals surface area contributed by atoms with E-state index < -0.39 is 27.8 Å². The minimum absolute atomic E-state index is 0.0113. The molecule has 3 rings (SSSR count). The molecular weight excluding hydrogens is 450 g/mol. The number of hydrogen-bond donors (Lipinski definition) is 2. The summed E-state index contributed by atoms with van der Waals surface area (Å²) in [5.74, 6) is -1.17. The predicted molar refractivity (Wildman–Crippen MR) is 107 cm³/mol. The highest BCUT2D eigenvalue weighted by Gasteiger charge is 2.30. The van der Waals surface area contributed by atoms with Gasteiger partial charge in [-0.15, -0.1) is 0 Å². The molecule has 2 aromatic rings. The lowest BCUT2D eigenvalue weighted by Crippen LogP contribution is -2.29. The van der Waals surface area contributed by atoms with E-state index in [1.54, 1.807) is 6.92 Å². The molecule has 0 aliphatic heterocycles. The van der Waals surface area contributed by atoms with Crippen LogP contribution in [-0.2, 0) is 10.0 Å². The molecule has 0 heterocycles. The minimum Gasteiger partial charge on any atom is -0.345 e. The van der Waals surface area contributed by atoms with Crippen LogP contribution in [0, 0.1) is 5.82 Å². The first-order valence-electron chi connectivity index (χ1n) is 8.35. The molecule has 5 nitrogen and oxygen atoms in total. The van der Waals surface area contributed by atoms with Gasteiger partial charge in [-0.1, -0.05) is 40.9 Å². The summed E-state index contributed by atoms with van der Waals surface area (Å²) in [5, 5.41) is 2.56. The summed E-state index contributed by atoms with van der Waals surface area (Å²) in [6, 6.07) is 5.82. The molecular formula is C18H16Cl3FN2O3S. The van der Waals surface area contributed by atoms with Crippen molar-refractivity contribution in [3.8, 4) is 0 Å². The Morgan fingerprint density at radius 3 is 2.39 bits per heavy atom. The first-order valence-corrected chi connectivity index (χ1v) is 11.0. The molecule has 2 aromatic carbocycles. The summed E-state index contributed by atoms with van der Waals surface area (Å²) in [6.07, 6.45) is 1.52. The van der Waals surface area contributed by atoms with Crippen LogP contribution in [0.4, 0.5) is 4.39 Å². The van der Waals surface area contributed by atoms with E-state index in [9.17, 15) is 17.6 Å². The van der Waals surface area contributed by atoms with E-state index in [2.05, 4.69) is 10.0 Å². The Balaban J connectivity index is 1.86. The highest BCUT2D eigenvalue weighted by Crippen LogP contribution is 2.31. The molecule has 2 N–H and O–H groups in total. The number of nitrogens with one attached hydrogen (secondary N) is 2. The number of amides is 1. The summed E-state index contributed by atoms with van der Waals surface area (Å²) in [7, 11) is -3.87. The fraction of sp³-hybridized carbons (Fsp3) is 0.278. The highest BCUT2D eigenvalue weighted by atomic mass is 35.5. The lowest BCUT2D eigenvalue weighted by atomic mass is 10.1. The highest BCUT2D eigenvalue weighted by molar-refractivity contribution is 7.89. The third-order valence-electron chi connectivity index (χ3n) is 4.25. The number of sulfonamides is 1. The standard InChI is InChI=1S/C18H16Cl3FN2O3S/c1-9(10-2-5-16(22)14(20)6-10)23-18(25)12-7-17(15(21)8-13(12)19)28(26,27)24-11-3-4-11/h2,5-9,11,24H,3-4H2,1H3,(H,23,25). The SMILES string of the molecule is CC(NC(=O)c1cc(S(=O)(=O)NC2CC2)c(Cl)cc1Cl)c1ccc(F)c(Cl)c1. The smallest absolute Gasteiger partial charge is 0.253 e. The third-order valence-corrected chi connectivity index (χ3v) is 6.83. The van der Waals surface area contributed by atoms with E-state index >= 15 is 0 Å². The Kier molecular flexibility index (Phi) is 6.22. The summed E-state index contributed by atoms with van der Waals surface area (Å²) < 4.78 is 40.8. The molecule has 10 heteroatoms. The third kappa shape index (κ3) is 4.78. The van der Waals surface area contributed by atoms with Crippen molar-refractivity contribution in [1.29, 1.82) is 0 Å². The molecule has 0 saturated heterocycles. The summed E-state index contributed by atoms with van der Waals surface area (Å²) in [6.45, 7) is 1.68. The van der Waals surface area contributed by atoms with E-state index in [1.807, 2.05) is 0 Å². The molecule has 0 spiro atoms. The van der Waals surface area contributed by atoms with Gasteiger partial charge in [0.05, 0.1) is 26.7 Å². The largest absolute Gasteiger partial charge is 0.345 e. The van der Waals surface area contributed by atoms with Crippen molar-refractivity contribution in [3.05, 3.63) is 62.3 Å². The zero-order valence-corrected chi connectivity index (χ0v) is 17.7. The van der Waals surface area contributed by atoms with Gasteiger partial charge in [-0.25, -0.2) is 17.5 Å². The van der Waals surface area contributed by atoms with Crippen molar-refractivity contribution in [2.24, 2.45) is 0 Å². The fourth-order valence-electron chi connectivity index (χ4n) is 2.53. The number of carbonyl (C=O) groups excluding carboxylic acids is 1. The summed E-state index contributed by atoms with van der Waals surface area (Å²) in [5.41, 5.74) is 0.537. The Morgan fingerprint density at radius 2 is 1.79 bits per heavy atom. The van der Waals surface area contributed by atoms with Crippen molar-refractivity contribution in [2.75, 3.05) is 0 Å². The second-order valence-corrected chi connectivity index (χ2v) is 9.43. The van der Waals surface area contributed by atoms with Crippen LogP contribution in [0.3, 0.4) is 0 Å². The van der Waals surface area contributed by atoms with E-state index in [4.69, 9.17) is 34.8 Å². The number of hydrogen-bond acceptors (Lipinski definition) is 3. The van der Waals surface area contributed by atoms with E-state index in [0.717, 1.165) is 18.9 Å². The maximum Gasteiger partial charge on any atom is 0.253 e. The van der Waals surface area contributed by atoms with E-state index in [1.165, 1.54) is 24.3 Å². The number of benzene rings is 2. The molecule has 1 fully saturated rings.